The summed E-state index contributed by atoms with van der Waals surface area (Å²) >= 11 is 0. The Labute approximate surface area is 160 Å². The lowest BCUT2D eigenvalue weighted by atomic mass is 9.92. The molecule has 1 unspecified atom stereocenters. The van der Waals surface area contributed by atoms with Gasteiger partial charge >= 0.3 is 6.18 Å². The van der Waals surface area contributed by atoms with Crippen LogP contribution in [0.4, 0.5) is 13.2 Å². The molecule has 2 aromatic carbocycles. The molecule has 0 amide bonds. The number of hydrogen-bond donors (Lipinski definition) is 1. The van der Waals surface area contributed by atoms with Gasteiger partial charge in [0.1, 0.15) is 0 Å². The number of nitrogens with one attached hydrogen (secondary N) is 1. The van der Waals surface area contributed by atoms with E-state index in [0.717, 1.165) is 40.5 Å². The Morgan fingerprint density at radius 3 is 2.61 bits per heavy atom. The van der Waals surface area contributed by atoms with Crippen molar-refractivity contribution in [3.8, 4) is 11.1 Å². The number of H-pyrrole nitrogens is 1. The van der Waals surface area contributed by atoms with Crippen LogP contribution in [-0.4, -0.2) is 25.8 Å². The Morgan fingerprint density at radius 1 is 1.14 bits per heavy atom. The van der Waals surface area contributed by atoms with E-state index >= 15 is 0 Å². The van der Waals surface area contributed by atoms with Crippen LogP contribution in [0.2, 0.25) is 0 Å². The number of fused-ring (bicyclic) bond motifs is 3. The van der Waals surface area contributed by atoms with E-state index in [1.807, 2.05) is 6.07 Å². The lowest BCUT2D eigenvalue weighted by Crippen LogP contribution is -2.24. The molecule has 0 aliphatic heterocycles. The third-order valence-corrected chi connectivity index (χ3v) is 5.61. The molecule has 0 spiro atoms. The highest BCUT2D eigenvalue weighted by Gasteiger charge is 2.31. The van der Waals surface area contributed by atoms with Gasteiger partial charge in [0.25, 0.3) is 10.1 Å². The first-order chi connectivity index (χ1) is 13.1. The van der Waals surface area contributed by atoms with Crippen LogP contribution in [0.1, 0.15) is 23.2 Å². The maximum atomic E-state index is 13.1. The van der Waals surface area contributed by atoms with Crippen LogP contribution in [-0.2, 0) is 33.3 Å². The number of alkyl halides is 3. The second kappa shape index (κ2) is 6.63. The zero-order chi connectivity index (χ0) is 20.1. The molecule has 3 aromatic rings. The molecular formula is C20H18F3NO3S. The van der Waals surface area contributed by atoms with E-state index in [-0.39, 0.29) is 0 Å². The number of halogens is 3. The molecule has 1 aliphatic carbocycles. The molecule has 8 heteroatoms. The maximum Gasteiger partial charge on any atom is 0.416 e. The second-order valence-corrected chi connectivity index (χ2v) is 8.65. The van der Waals surface area contributed by atoms with E-state index in [9.17, 15) is 21.6 Å². The summed E-state index contributed by atoms with van der Waals surface area (Å²) in [4.78, 5) is 3.34. The first kappa shape index (κ1) is 19.0. The largest absolute Gasteiger partial charge is 0.416 e. The predicted octanol–water partition coefficient (Wildman–Crippen LogP) is 4.69. The Morgan fingerprint density at radius 2 is 1.89 bits per heavy atom. The summed E-state index contributed by atoms with van der Waals surface area (Å²) in [6.45, 7) is 0. The normalized spacial score (nSPS) is 17.6. The lowest BCUT2D eigenvalue weighted by Gasteiger charge is -2.21. The van der Waals surface area contributed by atoms with Gasteiger partial charge in [-0.1, -0.05) is 30.3 Å². The smallest absolute Gasteiger partial charge is 0.358 e. The molecule has 0 radical (unpaired) electrons. The predicted molar refractivity (Wildman–Crippen MR) is 100 cm³/mol. The standard InChI is InChI=1S/C20H18F3NO3S/c1-28(25,26)27-14-8-9-18-17(11-14)16-7-3-6-15(19(16)24-18)12-4-2-5-13(10-12)20(21,22)23/h2-7,10,14,24H,8-9,11H2,1H3. The average Bonchev–Trinajstić information content (AvgIpc) is 2.98. The van der Waals surface area contributed by atoms with Crippen molar-refractivity contribution in [2.45, 2.75) is 31.5 Å². The van der Waals surface area contributed by atoms with Gasteiger partial charge in [-0.25, -0.2) is 0 Å². The summed E-state index contributed by atoms with van der Waals surface area (Å²) in [7, 11) is -3.55. The molecule has 1 aliphatic rings. The minimum Gasteiger partial charge on any atom is -0.358 e. The summed E-state index contributed by atoms with van der Waals surface area (Å²) < 4.78 is 67.3. The van der Waals surface area contributed by atoms with E-state index in [1.54, 1.807) is 18.2 Å². The fraction of sp³-hybridized carbons (Fsp3) is 0.300. The number of aryl methyl sites for hydroxylation is 1. The van der Waals surface area contributed by atoms with E-state index in [1.165, 1.54) is 6.07 Å². The highest BCUT2D eigenvalue weighted by atomic mass is 32.2. The fourth-order valence-corrected chi connectivity index (χ4v) is 4.50. The zero-order valence-electron chi connectivity index (χ0n) is 15.0. The van der Waals surface area contributed by atoms with Crippen molar-refractivity contribution in [2.75, 3.05) is 6.26 Å². The Bertz CT molecular complexity index is 1150. The van der Waals surface area contributed by atoms with Crippen LogP contribution in [0.3, 0.4) is 0 Å². The maximum absolute atomic E-state index is 13.1. The SMILES string of the molecule is CS(=O)(=O)OC1CCc2[nH]c3c(-c4cccc(C(F)(F)F)c4)cccc3c2C1. The minimum atomic E-state index is -4.41. The first-order valence-corrected chi connectivity index (χ1v) is 10.6. The minimum absolute atomic E-state index is 0.432. The molecule has 28 heavy (non-hydrogen) atoms. The summed E-state index contributed by atoms with van der Waals surface area (Å²) in [6.07, 6.45) is -2.19. The fourth-order valence-electron chi connectivity index (χ4n) is 3.84. The summed E-state index contributed by atoms with van der Waals surface area (Å²) in [5, 5.41) is 0.881. The van der Waals surface area contributed by atoms with Gasteiger partial charge in [-0.3, -0.25) is 4.18 Å². The number of benzene rings is 2. The van der Waals surface area contributed by atoms with Gasteiger partial charge in [0.05, 0.1) is 23.4 Å². The van der Waals surface area contributed by atoms with E-state index in [0.29, 0.717) is 30.4 Å². The molecule has 0 saturated heterocycles. The first-order valence-electron chi connectivity index (χ1n) is 8.80. The van der Waals surface area contributed by atoms with Crippen molar-refractivity contribution in [1.82, 2.24) is 4.98 Å². The van der Waals surface area contributed by atoms with Crippen molar-refractivity contribution in [2.24, 2.45) is 0 Å². The molecule has 0 bridgehead atoms. The monoisotopic (exact) mass is 409 g/mol. The van der Waals surface area contributed by atoms with Crippen molar-refractivity contribution < 1.29 is 25.8 Å². The van der Waals surface area contributed by atoms with Gasteiger partial charge in [0.15, 0.2) is 0 Å². The highest BCUT2D eigenvalue weighted by molar-refractivity contribution is 7.86. The molecule has 0 saturated carbocycles. The van der Waals surface area contributed by atoms with Crippen molar-refractivity contribution in [1.29, 1.82) is 0 Å². The molecule has 0 fully saturated rings. The van der Waals surface area contributed by atoms with Crippen molar-refractivity contribution in [3.63, 3.8) is 0 Å². The number of aromatic amines is 1. The lowest BCUT2D eigenvalue weighted by molar-refractivity contribution is -0.137. The topological polar surface area (TPSA) is 59.2 Å². The van der Waals surface area contributed by atoms with Gasteiger partial charge in [-0.05, 0) is 36.1 Å². The Hall–Kier alpha value is -2.32. The van der Waals surface area contributed by atoms with Gasteiger partial charge < -0.3 is 4.98 Å². The number of aromatic nitrogens is 1. The molecule has 1 atom stereocenters. The van der Waals surface area contributed by atoms with Gasteiger partial charge in [0.2, 0.25) is 0 Å². The van der Waals surface area contributed by atoms with Gasteiger partial charge in [-0.2, -0.15) is 21.6 Å². The second-order valence-electron chi connectivity index (χ2n) is 7.05. The van der Waals surface area contributed by atoms with Crippen LogP contribution in [0, 0.1) is 0 Å². The summed E-state index contributed by atoms with van der Waals surface area (Å²) in [6, 6.07) is 10.7. The molecule has 4 rings (SSSR count). The van der Waals surface area contributed by atoms with Crippen LogP contribution < -0.4 is 0 Å². The van der Waals surface area contributed by atoms with Crippen LogP contribution in [0.5, 0.6) is 0 Å². The number of hydrogen-bond acceptors (Lipinski definition) is 3. The summed E-state index contributed by atoms with van der Waals surface area (Å²) in [5.74, 6) is 0. The molecule has 1 N–H and O–H groups in total. The third kappa shape index (κ3) is 3.66. The van der Waals surface area contributed by atoms with Crippen LogP contribution >= 0.6 is 0 Å². The van der Waals surface area contributed by atoms with Gasteiger partial charge in [0, 0.05) is 23.1 Å². The number of para-hydroxylation sites is 1. The average molecular weight is 409 g/mol. The van der Waals surface area contributed by atoms with Gasteiger partial charge in [-0.15, -0.1) is 0 Å². The molecule has 1 aromatic heterocycles. The van der Waals surface area contributed by atoms with Crippen molar-refractivity contribution in [3.05, 3.63) is 59.3 Å². The van der Waals surface area contributed by atoms with E-state index < -0.39 is 28.0 Å². The zero-order valence-corrected chi connectivity index (χ0v) is 15.8. The highest BCUT2D eigenvalue weighted by Crippen LogP contribution is 2.37. The van der Waals surface area contributed by atoms with Crippen LogP contribution in [0.25, 0.3) is 22.0 Å². The Balaban J connectivity index is 1.78. The molecule has 148 valence electrons. The quantitative estimate of drug-likeness (QED) is 0.639. The van der Waals surface area contributed by atoms with Crippen molar-refractivity contribution >= 4 is 21.0 Å². The molecular weight excluding hydrogens is 391 g/mol. The van der Waals surface area contributed by atoms with Crippen LogP contribution in [0.15, 0.2) is 42.5 Å². The third-order valence-electron chi connectivity index (χ3n) is 4.99. The Kier molecular flexibility index (Phi) is 4.50. The summed E-state index contributed by atoms with van der Waals surface area (Å²) in [5.41, 5.74) is 3.15. The molecule has 4 nitrogen and oxygen atoms in total. The molecule has 1 heterocycles. The number of rotatable bonds is 3. The van der Waals surface area contributed by atoms with E-state index in [4.69, 9.17) is 4.18 Å². The van der Waals surface area contributed by atoms with E-state index in [2.05, 4.69) is 4.98 Å².